The minimum absolute atomic E-state index is 0.0661. The van der Waals surface area contributed by atoms with Crippen molar-refractivity contribution in [3.63, 3.8) is 0 Å². The number of amides is 1. The third kappa shape index (κ3) is 5.55. The van der Waals surface area contributed by atoms with Gasteiger partial charge in [-0.25, -0.2) is 4.79 Å². The van der Waals surface area contributed by atoms with Gasteiger partial charge < -0.3 is 15.8 Å². The standard InChI is InChI=1S/C13H19N3O4/c1-10(6-4-5-9-20-13(14)17)15-11-7-2-3-8-12(11)16(18)19/h2-3,7-8,10,15H,4-6,9H2,1H3,(H2,14,17). The first kappa shape index (κ1) is 15.7. The van der Waals surface area contributed by atoms with Crippen LogP contribution in [0.15, 0.2) is 24.3 Å². The zero-order valence-corrected chi connectivity index (χ0v) is 11.4. The molecule has 1 rings (SSSR count). The number of nitrogens with zero attached hydrogens (tertiary/aromatic N) is 1. The third-order valence-electron chi connectivity index (χ3n) is 2.78. The van der Waals surface area contributed by atoms with Crippen LogP contribution in [0.5, 0.6) is 0 Å². The molecular weight excluding hydrogens is 262 g/mol. The molecule has 0 aliphatic rings. The van der Waals surface area contributed by atoms with Crippen LogP contribution in [0.25, 0.3) is 0 Å². The fourth-order valence-corrected chi connectivity index (χ4v) is 1.82. The van der Waals surface area contributed by atoms with E-state index in [0.29, 0.717) is 18.7 Å². The van der Waals surface area contributed by atoms with Crippen LogP contribution in [0.3, 0.4) is 0 Å². The van der Waals surface area contributed by atoms with Gasteiger partial charge in [0.05, 0.1) is 11.5 Å². The van der Waals surface area contributed by atoms with Gasteiger partial charge in [-0.2, -0.15) is 0 Å². The van der Waals surface area contributed by atoms with Crippen molar-refractivity contribution in [2.75, 3.05) is 11.9 Å². The lowest BCUT2D eigenvalue weighted by molar-refractivity contribution is -0.384. The summed E-state index contributed by atoms with van der Waals surface area (Å²) in [5, 5.41) is 14.0. The van der Waals surface area contributed by atoms with Gasteiger partial charge in [0, 0.05) is 12.1 Å². The van der Waals surface area contributed by atoms with E-state index in [2.05, 4.69) is 10.1 Å². The molecule has 0 spiro atoms. The molecule has 7 nitrogen and oxygen atoms in total. The van der Waals surface area contributed by atoms with Gasteiger partial charge in [0.25, 0.3) is 5.69 Å². The molecule has 0 saturated heterocycles. The lowest BCUT2D eigenvalue weighted by Gasteiger charge is -2.15. The molecule has 1 unspecified atom stereocenters. The Labute approximate surface area is 117 Å². The molecule has 0 radical (unpaired) electrons. The highest BCUT2D eigenvalue weighted by Gasteiger charge is 2.13. The molecule has 1 aromatic rings. The predicted molar refractivity (Wildman–Crippen MR) is 75.6 cm³/mol. The number of nitro benzene ring substituents is 1. The Morgan fingerprint density at radius 2 is 2.15 bits per heavy atom. The molecule has 7 heteroatoms. The number of hydrogen-bond acceptors (Lipinski definition) is 5. The van der Waals surface area contributed by atoms with Gasteiger partial charge in [-0.3, -0.25) is 10.1 Å². The Bertz CT molecular complexity index is 465. The van der Waals surface area contributed by atoms with Crippen LogP contribution in [0, 0.1) is 10.1 Å². The van der Waals surface area contributed by atoms with E-state index in [1.807, 2.05) is 6.92 Å². The van der Waals surface area contributed by atoms with E-state index in [4.69, 9.17) is 5.73 Å². The molecule has 0 aliphatic heterocycles. The van der Waals surface area contributed by atoms with Crippen LogP contribution in [-0.4, -0.2) is 23.7 Å². The summed E-state index contributed by atoms with van der Waals surface area (Å²) in [6, 6.07) is 6.63. The zero-order valence-electron chi connectivity index (χ0n) is 11.4. The number of ether oxygens (including phenoxy) is 1. The molecule has 110 valence electrons. The monoisotopic (exact) mass is 281 g/mol. The number of rotatable bonds is 8. The maximum absolute atomic E-state index is 10.9. The predicted octanol–water partition coefficient (Wildman–Crippen LogP) is 2.66. The second-order valence-corrected chi connectivity index (χ2v) is 4.48. The summed E-state index contributed by atoms with van der Waals surface area (Å²) in [4.78, 5) is 20.8. The average molecular weight is 281 g/mol. The molecule has 1 amide bonds. The molecule has 0 aromatic heterocycles. The van der Waals surface area contributed by atoms with Gasteiger partial charge in [0.1, 0.15) is 5.69 Å². The van der Waals surface area contributed by atoms with E-state index in [1.54, 1.807) is 18.2 Å². The molecule has 1 atom stereocenters. The van der Waals surface area contributed by atoms with Gasteiger partial charge in [0.15, 0.2) is 0 Å². The maximum Gasteiger partial charge on any atom is 0.404 e. The summed E-state index contributed by atoms with van der Waals surface area (Å²) in [5.41, 5.74) is 5.42. The highest BCUT2D eigenvalue weighted by atomic mass is 16.6. The number of hydrogen-bond donors (Lipinski definition) is 2. The number of para-hydroxylation sites is 2. The molecule has 0 bridgehead atoms. The van der Waals surface area contributed by atoms with Crippen LogP contribution in [0.4, 0.5) is 16.2 Å². The van der Waals surface area contributed by atoms with Gasteiger partial charge in [-0.15, -0.1) is 0 Å². The summed E-state index contributed by atoms with van der Waals surface area (Å²) in [5.74, 6) is 0. The smallest absolute Gasteiger partial charge is 0.404 e. The normalized spacial score (nSPS) is 11.7. The Kier molecular flexibility index (Phi) is 6.28. The number of anilines is 1. The van der Waals surface area contributed by atoms with Crippen LogP contribution < -0.4 is 11.1 Å². The summed E-state index contributed by atoms with van der Waals surface area (Å²) in [7, 11) is 0. The lowest BCUT2D eigenvalue weighted by atomic mass is 10.1. The minimum Gasteiger partial charge on any atom is -0.450 e. The Morgan fingerprint density at radius 3 is 2.80 bits per heavy atom. The van der Waals surface area contributed by atoms with Crippen LogP contribution in [0.2, 0.25) is 0 Å². The summed E-state index contributed by atoms with van der Waals surface area (Å²) < 4.78 is 4.62. The molecule has 0 aliphatic carbocycles. The second-order valence-electron chi connectivity index (χ2n) is 4.48. The number of nitrogens with one attached hydrogen (secondary N) is 1. The number of carbonyl (C=O) groups is 1. The van der Waals surface area contributed by atoms with Crippen molar-refractivity contribution >= 4 is 17.5 Å². The summed E-state index contributed by atoms with van der Waals surface area (Å²) in [6.07, 6.45) is 1.60. The first-order chi connectivity index (χ1) is 9.50. The summed E-state index contributed by atoms with van der Waals surface area (Å²) in [6.45, 7) is 2.25. The zero-order chi connectivity index (χ0) is 15.0. The number of benzene rings is 1. The van der Waals surface area contributed by atoms with Crippen molar-refractivity contribution in [1.29, 1.82) is 0 Å². The fourth-order valence-electron chi connectivity index (χ4n) is 1.82. The lowest BCUT2D eigenvalue weighted by Crippen LogP contribution is -2.17. The Balaban J connectivity index is 2.37. The highest BCUT2D eigenvalue weighted by molar-refractivity contribution is 5.64. The molecule has 0 saturated carbocycles. The number of nitrogens with two attached hydrogens (primary N) is 1. The molecule has 1 aromatic carbocycles. The van der Waals surface area contributed by atoms with E-state index >= 15 is 0 Å². The minimum atomic E-state index is -0.768. The summed E-state index contributed by atoms with van der Waals surface area (Å²) >= 11 is 0. The average Bonchev–Trinajstić information content (AvgIpc) is 2.38. The van der Waals surface area contributed by atoms with Crippen molar-refractivity contribution in [2.45, 2.75) is 32.2 Å². The number of unbranched alkanes of at least 4 members (excludes halogenated alkanes) is 1. The number of carbonyl (C=O) groups excluding carboxylic acids is 1. The van der Waals surface area contributed by atoms with E-state index < -0.39 is 11.0 Å². The third-order valence-corrected chi connectivity index (χ3v) is 2.78. The maximum atomic E-state index is 10.9. The van der Waals surface area contributed by atoms with Crippen LogP contribution in [-0.2, 0) is 4.74 Å². The fraction of sp³-hybridized carbons (Fsp3) is 0.462. The highest BCUT2D eigenvalue weighted by Crippen LogP contribution is 2.24. The van der Waals surface area contributed by atoms with Crippen molar-refractivity contribution in [1.82, 2.24) is 0 Å². The molecule has 20 heavy (non-hydrogen) atoms. The first-order valence-corrected chi connectivity index (χ1v) is 6.43. The van der Waals surface area contributed by atoms with E-state index in [0.717, 1.165) is 12.8 Å². The molecule has 0 heterocycles. The number of nitro groups is 1. The van der Waals surface area contributed by atoms with Gasteiger partial charge in [-0.05, 0) is 32.3 Å². The van der Waals surface area contributed by atoms with E-state index in [9.17, 15) is 14.9 Å². The SMILES string of the molecule is CC(CCCCOC(N)=O)Nc1ccccc1[N+](=O)[O-]. The van der Waals surface area contributed by atoms with Crippen molar-refractivity contribution in [2.24, 2.45) is 5.73 Å². The largest absolute Gasteiger partial charge is 0.450 e. The van der Waals surface area contributed by atoms with Crippen LogP contribution in [0.1, 0.15) is 26.2 Å². The molecular formula is C13H19N3O4. The second kappa shape index (κ2) is 7.98. The van der Waals surface area contributed by atoms with Crippen LogP contribution >= 0.6 is 0 Å². The number of primary amides is 1. The first-order valence-electron chi connectivity index (χ1n) is 6.43. The van der Waals surface area contributed by atoms with Crippen molar-refractivity contribution in [3.05, 3.63) is 34.4 Å². The van der Waals surface area contributed by atoms with E-state index in [1.165, 1.54) is 6.07 Å². The molecule has 0 fully saturated rings. The Morgan fingerprint density at radius 1 is 1.45 bits per heavy atom. The van der Waals surface area contributed by atoms with Gasteiger partial charge >= 0.3 is 6.09 Å². The Hall–Kier alpha value is -2.31. The van der Waals surface area contributed by atoms with E-state index in [-0.39, 0.29) is 11.7 Å². The topological polar surface area (TPSA) is 107 Å². The van der Waals surface area contributed by atoms with Crippen molar-refractivity contribution in [3.8, 4) is 0 Å². The van der Waals surface area contributed by atoms with Gasteiger partial charge in [-0.1, -0.05) is 12.1 Å². The van der Waals surface area contributed by atoms with Gasteiger partial charge in [0.2, 0.25) is 0 Å². The molecule has 3 N–H and O–H groups in total. The van der Waals surface area contributed by atoms with Crippen molar-refractivity contribution < 1.29 is 14.5 Å². The quantitative estimate of drug-likeness (QED) is 0.432.